The molecule has 2 aromatic rings. The molecule has 1 aliphatic rings. The summed E-state index contributed by atoms with van der Waals surface area (Å²) in [6.45, 7) is 3.57. The average molecular weight is 404 g/mol. The van der Waals surface area contributed by atoms with Gasteiger partial charge in [0.1, 0.15) is 0 Å². The summed E-state index contributed by atoms with van der Waals surface area (Å²) >= 11 is 0. The van der Waals surface area contributed by atoms with Crippen molar-refractivity contribution in [2.45, 2.75) is 37.5 Å². The zero-order valence-electron chi connectivity index (χ0n) is 16.6. The molecule has 1 saturated heterocycles. The number of hydrogen-bond donors (Lipinski definition) is 0. The zero-order valence-corrected chi connectivity index (χ0v) is 17.4. The number of anilines is 1. The van der Waals surface area contributed by atoms with Crippen LogP contribution < -0.4 is 4.90 Å². The van der Waals surface area contributed by atoms with Gasteiger partial charge >= 0.3 is 0 Å². The second-order valence-corrected chi connectivity index (χ2v) is 9.31. The highest BCUT2D eigenvalue weighted by molar-refractivity contribution is 7.89. The highest BCUT2D eigenvalue weighted by Gasteiger charge is 2.34. The van der Waals surface area contributed by atoms with Crippen LogP contribution in [0.3, 0.4) is 0 Å². The van der Waals surface area contributed by atoms with Crippen LogP contribution >= 0.6 is 0 Å². The van der Waals surface area contributed by atoms with Gasteiger partial charge in [0.05, 0.1) is 4.90 Å². The van der Waals surface area contributed by atoms with E-state index in [1.165, 1.54) is 4.31 Å². The molecule has 1 aliphatic heterocycles. The molecule has 6 nitrogen and oxygen atoms in total. The molecule has 3 rings (SSSR count). The minimum absolute atomic E-state index is 0.108. The van der Waals surface area contributed by atoms with Gasteiger partial charge in [-0.1, -0.05) is 31.5 Å². The number of benzene rings is 1. The first-order valence-corrected chi connectivity index (χ1v) is 11.4. The lowest BCUT2D eigenvalue weighted by molar-refractivity contribution is -0.123. The fraction of sp³-hybridized carbons (Fsp3) is 0.476. The third-order valence-electron chi connectivity index (χ3n) is 5.31. The zero-order chi connectivity index (χ0) is 20.1. The molecule has 0 bridgehead atoms. The van der Waals surface area contributed by atoms with Gasteiger partial charge in [0.15, 0.2) is 0 Å². The number of carbonyl (C=O) groups excluding carboxylic acids is 1. The third-order valence-corrected chi connectivity index (χ3v) is 7.20. The summed E-state index contributed by atoms with van der Waals surface area (Å²) in [5.41, 5.74) is 0.917. The molecule has 1 fully saturated rings. The van der Waals surface area contributed by atoms with Crippen molar-refractivity contribution in [1.29, 1.82) is 0 Å². The lowest BCUT2D eigenvalue weighted by Crippen LogP contribution is -2.44. The van der Waals surface area contributed by atoms with E-state index in [1.807, 2.05) is 35.2 Å². The second-order valence-electron chi connectivity index (χ2n) is 7.37. The van der Waals surface area contributed by atoms with E-state index in [9.17, 15) is 13.2 Å². The molecule has 28 heavy (non-hydrogen) atoms. The number of aromatic nitrogens is 1. The van der Waals surface area contributed by atoms with E-state index in [0.29, 0.717) is 37.4 Å². The quantitative estimate of drug-likeness (QED) is 0.713. The molecule has 0 aliphatic carbocycles. The van der Waals surface area contributed by atoms with Crippen molar-refractivity contribution in [2.24, 2.45) is 13.0 Å². The lowest BCUT2D eigenvalue weighted by atomic mass is 9.96. The topological polar surface area (TPSA) is 62.6 Å². The first-order valence-electron chi connectivity index (χ1n) is 9.92. The number of aryl methyl sites for hydroxylation is 1. The van der Waals surface area contributed by atoms with Crippen LogP contribution in [0.2, 0.25) is 0 Å². The van der Waals surface area contributed by atoms with Gasteiger partial charge in [-0.15, -0.1) is 0 Å². The summed E-state index contributed by atoms with van der Waals surface area (Å²) in [6.07, 6.45) is 6.43. The molecule has 0 N–H and O–H groups in total. The number of para-hydroxylation sites is 1. The van der Waals surface area contributed by atoms with Crippen LogP contribution in [0.5, 0.6) is 0 Å². The highest BCUT2D eigenvalue weighted by atomic mass is 32.2. The van der Waals surface area contributed by atoms with Gasteiger partial charge in [-0.3, -0.25) is 4.79 Å². The van der Waals surface area contributed by atoms with Crippen LogP contribution in [0.1, 0.15) is 32.6 Å². The fourth-order valence-corrected chi connectivity index (χ4v) is 5.16. The second kappa shape index (κ2) is 8.92. The van der Waals surface area contributed by atoms with Crippen molar-refractivity contribution in [1.82, 2.24) is 8.87 Å². The molecule has 1 amide bonds. The number of rotatable bonds is 7. The highest BCUT2D eigenvalue weighted by Crippen LogP contribution is 2.27. The Morgan fingerprint density at radius 2 is 1.82 bits per heavy atom. The Bertz CT molecular complexity index is 885. The number of sulfonamides is 1. The van der Waals surface area contributed by atoms with Gasteiger partial charge in [-0.05, 0) is 37.5 Å². The van der Waals surface area contributed by atoms with Crippen molar-refractivity contribution in [3.05, 3.63) is 48.8 Å². The maximum atomic E-state index is 13.2. The Morgan fingerprint density at radius 1 is 1.14 bits per heavy atom. The first kappa shape index (κ1) is 20.6. The molecule has 0 unspecified atom stereocenters. The maximum absolute atomic E-state index is 13.2. The third kappa shape index (κ3) is 4.47. The summed E-state index contributed by atoms with van der Waals surface area (Å²) < 4.78 is 28.8. The van der Waals surface area contributed by atoms with Gasteiger partial charge < -0.3 is 9.47 Å². The molecule has 0 spiro atoms. The number of carbonyl (C=O) groups is 1. The fourth-order valence-electron chi connectivity index (χ4n) is 3.63. The van der Waals surface area contributed by atoms with Crippen molar-refractivity contribution >= 4 is 21.6 Å². The number of amides is 1. The molecule has 1 aromatic carbocycles. The Kier molecular flexibility index (Phi) is 6.57. The van der Waals surface area contributed by atoms with Crippen molar-refractivity contribution in [3.63, 3.8) is 0 Å². The van der Waals surface area contributed by atoms with Crippen molar-refractivity contribution < 1.29 is 13.2 Å². The number of nitrogens with zero attached hydrogens (tertiary/aromatic N) is 3. The van der Waals surface area contributed by atoms with E-state index in [1.54, 1.807) is 30.1 Å². The minimum Gasteiger partial charge on any atom is -0.356 e. The summed E-state index contributed by atoms with van der Waals surface area (Å²) in [7, 11) is -1.69. The molecular weight excluding hydrogens is 374 g/mol. The summed E-state index contributed by atoms with van der Waals surface area (Å²) in [4.78, 5) is 15.4. The molecule has 2 heterocycles. The van der Waals surface area contributed by atoms with E-state index in [-0.39, 0.29) is 11.8 Å². The molecule has 152 valence electrons. The van der Waals surface area contributed by atoms with Crippen molar-refractivity contribution in [3.8, 4) is 0 Å². The van der Waals surface area contributed by atoms with Gasteiger partial charge in [0.2, 0.25) is 15.9 Å². The summed E-state index contributed by atoms with van der Waals surface area (Å²) in [6, 6.07) is 11.4. The molecule has 1 aromatic heterocycles. The Morgan fingerprint density at radius 3 is 2.39 bits per heavy atom. The van der Waals surface area contributed by atoms with Crippen LogP contribution in [0.15, 0.2) is 53.7 Å². The van der Waals surface area contributed by atoms with Crippen LogP contribution in [0, 0.1) is 5.92 Å². The summed E-state index contributed by atoms with van der Waals surface area (Å²) in [5, 5.41) is 0. The maximum Gasteiger partial charge on any atom is 0.244 e. The van der Waals surface area contributed by atoms with Gasteiger partial charge in [-0.25, -0.2) is 8.42 Å². The van der Waals surface area contributed by atoms with Gasteiger partial charge in [0, 0.05) is 50.7 Å². The first-order chi connectivity index (χ1) is 13.4. The van der Waals surface area contributed by atoms with E-state index in [0.717, 1.165) is 18.5 Å². The number of unbranched alkanes of at least 4 members (excludes halogenated alkanes) is 1. The van der Waals surface area contributed by atoms with Crippen LogP contribution in [-0.4, -0.2) is 42.8 Å². The lowest BCUT2D eigenvalue weighted by Gasteiger charge is -2.33. The van der Waals surface area contributed by atoms with E-state index in [2.05, 4.69) is 6.92 Å². The minimum atomic E-state index is -3.49. The number of hydrogen-bond acceptors (Lipinski definition) is 3. The van der Waals surface area contributed by atoms with Gasteiger partial charge in [-0.2, -0.15) is 4.31 Å². The molecular formula is C21H29N3O3S. The Labute approximate surface area is 167 Å². The predicted octanol–water partition coefficient (Wildman–Crippen LogP) is 3.26. The molecule has 0 radical (unpaired) electrons. The van der Waals surface area contributed by atoms with Crippen molar-refractivity contribution in [2.75, 3.05) is 24.5 Å². The average Bonchev–Trinajstić information content (AvgIpc) is 3.16. The molecule has 0 saturated carbocycles. The molecule has 7 heteroatoms. The summed E-state index contributed by atoms with van der Waals surface area (Å²) in [5.74, 6) is -0.0318. The van der Waals surface area contributed by atoms with E-state index >= 15 is 0 Å². The Balaban J connectivity index is 1.68. The van der Waals surface area contributed by atoms with Gasteiger partial charge in [0.25, 0.3) is 0 Å². The SMILES string of the molecule is CCCCN(C(=O)C1CCN(S(=O)(=O)c2ccn(C)c2)CC1)c1ccccc1. The normalized spacial score (nSPS) is 16.2. The predicted molar refractivity (Wildman–Crippen MR) is 111 cm³/mol. The van der Waals surface area contributed by atoms with Crippen LogP contribution in [0.4, 0.5) is 5.69 Å². The van der Waals surface area contributed by atoms with Crippen LogP contribution in [0.25, 0.3) is 0 Å². The molecule has 0 atom stereocenters. The van der Waals surface area contributed by atoms with E-state index in [4.69, 9.17) is 0 Å². The van der Waals surface area contributed by atoms with E-state index < -0.39 is 10.0 Å². The number of piperidine rings is 1. The van der Waals surface area contributed by atoms with Crippen LogP contribution in [-0.2, 0) is 21.9 Å². The Hall–Kier alpha value is -2.12. The monoisotopic (exact) mass is 403 g/mol. The smallest absolute Gasteiger partial charge is 0.244 e. The largest absolute Gasteiger partial charge is 0.356 e. The standard InChI is InChI=1S/C21H29N3O3S/c1-3-4-13-24(19-8-6-5-7-9-19)21(25)18-10-15-23(16-11-18)28(26,27)20-12-14-22(2)17-20/h5-9,12,14,17-18H,3-4,10-11,13,15-16H2,1-2H3.